The van der Waals surface area contributed by atoms with Gasteiger partial charge in [-0.05, 0) is 25.5 Å². The number of nitrogens with two attached hydrogens (primary N) is 1. The molecule has 0 aliphatic rings. The van der Waals surface area contributed by atoms with Crippen LogP contribution in [0.1, 0.15) is 24.9 Å². The number of hydrogen-bond acceptors (Lipinski definition) is 3. The van der Waals surface area contributed by atoms with Crippen molar-refractivity contribution >= 4 is 0 Å². The second-order valence-corrected chi connectivity index (χ2v) is 2.71. The second-order valence-electron chi connectivity index (χ2n) is 2.71. The van der Waals surface area contributed by atoms with Crippen LogP contribution in [0, 0.1) is 0 Å². The summed E-state index contributed by atoms with van der Waals surface area (Å²) in [7, 11) is 0. The largest absolute Gasteiger partial charge is 0.330 e. The van der Waals surface area contributed by atoms with Crippen molar-refractivity contribution in [1.82, 2.24) is 9.97 Å². The third-order valence-corrected chi connectivity index (χ3v) is 1.72. The Balaban J connectivity index is 2.60. The number of aromatic nitrogens is 2. The summed E-state index contributed by atoms with van der Waals surface area (Å²) < 4.78 is 0. The molecule has 1 aromatic rings. The zero-order valence-corrected chi connectivity index (χ0v) is 7.45. The molecule has 0 amide bonds. The molecule has 1 heterocycles. The molecule has 0 aliphatic carbocycles. The smallest absolute Gasteiger partial charge is 0.128 e. The molecule has 0 atom stereocenters. The van der Waals surface area contributed by atoms with E-state index in [2.05, 4.69) is 16.9 Å². The fourth-order valence-electron chi connectivity index (χ4n) is 1.03. The fourth-order valence-corrected chi connectivity index (χ4v) is 1.03. The predicted molar refractivity (Wildman–Crippen MR) is 48.8 cm³/mol. The number of nitrogens with zero attached hydrogens (tertiary/aromatic N) is 2. The average Bonchev–Trinajstić information content (AvgIpc) is 2.15. The van der Waals surface area contributed by atoms with E-state index < -0.39 is 0 Å². The summed E-state index contributed by atoms with van der Waals surface area (Å²) in [6, 6.07) is 1.95. The van der Waals surface area contributed by atoms with Crippen LogP contribution in [0.25, 0.3) is 0 Å². The summed E-state index contributed by atoms with van der Waals surface area (Å²) >= 11 is 0. The van der Waals surface area contributed by atoms with Crippen molar-refractivity contribution < 1.29 is 0 Å². The zero-order chi connectivity index (χ0) is 8.81. The molecule has 3 nitrogen and oxygen atoms in total. The van der Waals surface area contributed by atoms with Gasteiger partial charge in [0.05, 0.1) is 0 Å². The van der Waals surface area contributed by atoms with Crippen molar-refractivity contribution in [3.63, 3.8) is 0 Å². The lowest BCUT2D eigenvalue weighted by Gasteiger charge is -2.00. The van der Waals surface area contributed by atoms with Crippen molar-refractivity contribution in [2.45, 2.75) is 26.2 Å². The maximum atomic E-state index is 5.40. The molecule has 0 aliphatic heterocycles. The number of aryl methyl sites for hydroxylation is 2. The number of hydrogen-bond donors (Lipinski definition) is 1. The third kappa shape index (κ3) is 2.58. The van der Waals surface area contributed by atoms with E-state index in [4.69, 9.17) is 5.73 Å². The maximum Gasteiger partial charge on any atom is 0.128 e. The van der Waals surface area contributed by atoms with E-state index in [1.54, 1.807) is 0 Å². The Morgan fingerprint density at radius 1 is 1.50 bits per heavy atom. The Labute approximate surface area is 73.0 Å². The van der Waals surface area contributed by atoms with Crippen LogP contribution in [0.15, 0.2) is 12.3 Å². The molecule has 2 N–H and O–H groups in total. The molecular formula is C9H15N3. The van der Waals surface area contributed by atoms with Gasteiger partial charge in [-0.1, -0.05) is 6.92 Å². The molecule has 1 aromatic heterocycles. The van der Waals surface area contributed by atoms with Crippen LogP contribution in [0.2, 0.25) is 0 Å². The summed E-state index contributed by atoms with van der Waals surface area (Å²) in [5.74, 6) is 0.921. The van der Waals surface area contributed by atoms with Gasteiger partial charge in [-0.3, -0.25) is 0 Å². The van der Waals surface area contributed by atoms with E-state index in [1.807, 2.05) is 12.3 Å². The van der Waals surface area contributed by atoms with Crippen molar-refractivity contribution in [3.8, 4) is 0 Å². The van der Waals surface area contributed by atoms with Gasteiger partial charge in [0.1, 0.15) is 5.82 Å². The Bertz CT molecular complexity index is 235. The molecule has 0 unspecified atom stereocenters. The molecule has 0 fully saturated rings. The molecule has 66 valence electrons. The first-order valence-electron chi connectivity index (χ1n) is 4.37. The normalized spacial score (nSPS) is 10.2. The summed E-state index contributed by atoms with van der Waals surface area (Å²) in [6.45, 7) is 2.79. The highest BCUT2D eigenvalue weighted by Gasteiger charge is 1.95. The fraction of sp³-hybridized carbons (Fsp3) is 0.556. The van der Waals surface area contributed by atoms with Gasteiger partial charge in [0.15, 0.2) is 0 Å². The first kappa shape index (κ1) is 9.13. The van der Waals surface area contributed by atoms with Gasteiger partial charge in [0, 0.05) is 18.3 Å². The molecule has 0 bridgehead atoms. The quantitative estimate of drug-likeness (QED) is 0.722. The molecular weight excluding hydrogens is 150 g/mol. The zero-order valence-electron chi connectivity index (χ0n) is 7.45. The van der Waals surface area contributed by atoms with Crippen molar-refractivity contribution in [3.05, 3.63) is 23.8 Å². The van der Waals surface area contributed by atoms with Crippen LogP contribution in [-0.2, 0) is 12.8 Å². The molecule has 1 rings (SSSR count). The standard InChI is InChI=1S/C9H15N3/c1-2-9-11-7-5-8(12-9)4-3-6-10/h5,7H,2-4,6,10H2,1H3. The first-order chi connectivity index (χ1) is 5.86. The first-order valence-corrected chi connectivity index (χ1v) is 4.37. The Morgan fingerprint density at radius 3 is 3.00 bits per heavy atom. The summed E-state index contributed by atoms with van der Waals surface area (Å²) in [6.07, 6.45) is 4.68. The molecule has 12 heavy (non-hydrogen) atoms. The lowest BCUT2D eigenvalue weighted by atomic mass is 10.2. The Kier molecular flexibility index (Phi) is 3.67. The van der Waals surface area contributed by atoms with Crippen molar-refractivity contribution in [2.24, 2.45) is 5.73 Å². The van der Waals surface area contributed by atoms with Crippen LogP contribution >= 0.6 is 0 Å². The molecule has 0 radical (unpaired) electrons. The van der Waals surface area contributed by atoms with E-state index in [9.17, 15) is 0 Å². The summed E-state index contributed by atoms with van der Waals surface area (Å²) in [5, 5.41) is 0. The van der Waals surface area contributed by atoms with Gasteiger partial charge in [-0.15, -0.1) is 0 Å². The predicted octanol–water partition coefficient (Wildman–Crippen LogP) is 0.930. The van der Waals surface area contributed by atoms with Crippen LogP contribution in [-0.4, -0.2) is 16.5 Å². The van der Waals surface area contributed by atoms with Gasteiger partial charge in [-0.25, -0.2) is 9.97 Å². The lowest BCUT2D eigenvalue weighted by molar-refractivity contribution is 0.788. The van der Waals surface area contributed by atoms with Gasteiger partial charge in [0.2, 0.25) is 0 Å². The molecule has 0 saturated heterocycles. The van der Waals surface area contributed by atoms with Gasteiger partial charge >= 0.3 is 0 Å². The van der Waals surface area contributed by atoms with E-state index >= 15 is 0 Å². The SMILES string of the molecule is CCc1nccc(CCCN)n1. The molecule has 3 heteroatoms. The topological polar surface area (TPSA) is 51.8 Å². The Morgan fingerprint density at radius 2 is 2.33 bits per heavy atom. The minimum Gasteiger partial charge on any atom is -0.330 e. The summed E-state index contributed by atoms with van der Waals surface area (Å²) in [4.78, 5) is 8.49. The maximum absolute atomic E-state index is 5.40. The Hall–Kier alpha value is -0.960. The minimum absolute atomic E-state index is 0.728. The van der Waals surface area contributed by atoms with E-state index in [0.717, 1.165) is 37.3 Å². The summed E-state index contributed by atoms with van der Waals surface area (Å²) in [5.41, 5.74) is 6.51. The van der Waals surface area contributed by atoms with Crippen molar-refractivity contribution in [2.75, 3.05) is 6.54 Å². The van der Waals surface area contributed by atoms with Crippen LogP contribution < -0.4 is 5.73 Å². The van der Waals surface area contributed by atoms with E-state index in [0.29, 0.717) is 0 Å². The second kappa shape index (κ2) is 4.83. The minimum atomic E-state index is 0.728. The molecule has 0 saturated carbocycles. The van der Waals surface area contributed by atoms with Crippen LogP contribution in [0.5, 0.6) is 0 Å². The van der Waals surface area contributed by atoms with Crippen LogP contribution in [0.4, 0.5) is 0 Å². The van der Waals surface area contributed by atoms with Crippen LogP contribution in [0.3, 0.4) is 0 Å². The molecule has 0 spiro atoms. The third-order valence-electron chi connectivity index (χ3n) is 1.72. The molecule has 0 aromatic carbocycles. The van der Waals surface area contributed by atoms with Gasteiger partial charge in [-0.2, -0.15) is 0 Å². The van der Waals surface area contributed by atoms with Gasteiger partial charge < -0.3 is 5.73 Å². The average molecular weight is 165 g/mol. The van der Waals surface area contributed by atoms with E-state index in [-0.39, 0.29) is 0 Å². The lowest BCUT2D eigenvalue weighted by Crippen LogP contribution is -2.03. The highest BCUT2D eigenvalue weighted by molar-refractivity contribution is 5.02. The highest BCUT2D eigenvalue weighted by atomic mass is 14.9. The van der Waals surface area contributed by atoms with Crippen molar-refractivity contribution in [1.29, 1.82) is 0 Å². The van der Waals surface area contributed by atoms with E-state index in [1.165, 1.54) is 0 Å². The highest BCUT2D eigenvalue weighted by Crippen LogP contribution is 1.99. The van der Waals surface area contributed by atoms with Gasteiger partial charge in [0.25, 0.3) is 0 Å². The number of rotatable bonds is 4. The monoisotopic (exact) mass is 165 g/mol.